The van der Waals surface area contributed by atoms with Crippen LogP contribution in [0.1, 0.15) is 5.56 Å². The zero-order chi connectivity index (χ0) is 10.2. The quantitative estimate of drug-likeness (QED) is 0.512. The third-order valence-corrected chi connectivity index (χ3v) is 1.73. The smallest absolute Gasteiger partial charge is 0.418 e. The van der Waals surface area contributed by atoms with Crippen LogP contribution in [0.3, 0.4) is 0 Å². The van der Waals surface area contributed by atoms with Gasteiger partial charge in [0.15, 0.2) is 0 Å². The SMILES string of the molecule is Nc1cc(Cl)c(O)cc1C(F)(F)F. The van der Waals surface area contributed by atoms with Crippen LogP contribution in [0.5, 0.6) is 5.75 Å². The molecule has 0 atom stereocenters. The number of benzene rings is 1. The van der Waals surface area contributed by atoms with Crippen LogP contribution in [-0.4, -0.2) is 5.11 Å². The van der Waals surface area contributed by atoms with Crippen LogP contribution in [0.25, 0.3) is 0 Å². The number of hydrogen-bond acceptors (Lipinski definition) is 2. The predicted molar refractivity (Wildman–Crippen MR) is 42.5 cm³/mol. The van der Waals surface area contributed by atoms with Crippen LogP contribution in [-0.2, 0) is 6.18 Å². The summed E-state index contributed by atoms with van der Waals surface area (Å²) in [7, 11) is 0. The van der Waals surface area contributed by atoms with E-state index in [2.05, 4.69) is 0 Å². The number of anilines is 1. The van der Waals surface area contributed by atoms with E-state index in [1.807, 2.05) is 0 Å². The number of rotatable bonds is 0. The van der Waals surface area contributed by atoms with E-state index in [1.165, 1.54) is 0 Å². The van der Waals surface area contributed by atoms with Gasteiger partial charge in [0.2, 0.25) is 0 Å². The minimum absolute atomic E-state index is 0.203. The molecule has 0 unspecified atom stereocenters. The molecule has 72 valence electrons. The number of nitrogens with two attached hydrogens (primary N) is 1. The zero-order valence-corrected chi connectivity index (χ0v) is 6.95. The van der Waals surface area contributed by atoms with Crippen molar-refractivity contribution < 1.29 is 18.3 Å². The van der Waals surface area contributed by atoms with Crippen molar-refractivity contribution in [2.24, 2.45) is 0 Å². The highest BCUT2D eigenvalue weighted by Gasteiger charge is 2.33. The van der Waals surface area contributed by atoms with E-state index >= 15 is 0 Å². The summed E-state index contributed by atoms with van der Waals surface area (Å²) in [6, 6.07) is 1.36. The summed E-state index contributed by atoms with van der Waals surface area (Å²) in [6.07, 6.45) is -4.58. The number of halogens is 4. The fourth-order valence-corrected chi connectivity index (χ4v) is 0.995. The molecule has 1 aromatic rings. The molecule has 0 aliphatic heterocycles. The van der Waals surface area contributed by atoms with Crippen molar-refractivity contribution in [3.05, 3.63) is 22.7 Å². The van der Waals surface area contributed by atoms with E-state index in [9.17, 15) is 13.2 Å². The van der Waals surface area contributed by atoms with Crippen LogP contribution in [0.2, 0.25) is 5.02 Å². The largest absolute Gasteiger partial charge is 0.506 e. The van der Waals surface area contributed by atoms with Crippen molar-refractivity contribution in [2.45, 2.75) is 6.18 Å². The Morgan fingerprint density at radius 2 is 1.85 bits per heavy atom. The Labute approximate surface area is 76.7 Å². The first-order valence-corrected chi connectivity index (χ1v) is 3.55. The number of aromatic hydroxyl groups is 1. The minimum Gasteiger partial charge on any atom is -0.506 e. The summed E-state index contributed by atoms with van der Waals surface area (Å²) in [4.78, 5) is 0. The Kier molecular flexibility index (Phi) is 2.30. The molecule has 3 N–H and O–H groups in total. The summed E-state index contributed by atoms with van der Waals surface area (Å²) in [6.45, 7) is 0. The van der Waals surface area contributed by atoms with Gasteiger partial charge in [0.05, 0.1) is 10.6 Å². The van der Waals surface area contributed by atoms with Crippen molar-refractivity contribution in [3.8, 4) is 5.75 Å². The third-order valence-electron chi connectivity index (χ3n) is 1.42. The highest BCUT2D eigenvalue weighted by molar-refractivity contribution is 6.32. The molecule has 0 amide bonds. The summed E-state index contributed by atoms with van der Waals surface area (Å²) < 4.78 is 36.4. The first-order chi connectivity index (χ1) is 5.82. The molecule has 0 fully saturated rings. The van der Waals surface area contributed by atoms with E-state index in [-0.39, 0.29) is 5.02 Å². The van der Waals surface area contributed by atoms with Gasteiger partial charge in [0.1, 0.15) is 5.75 Å². The standard InChI is InChI=1S/C7H5ClF3NO/c8-4-2-5(12)3(1-6(4)13)7(9,10)11/h1-2,13H,12H2. The molecule has 0 aliphatic rings. The lowest BCUT2D eigenvalue weighted by atomic mass is 10.1. The van der Waals surface area contributed by atoms with E-state index in [0.717, 1.165) is 6.07 Å². The van der Waals surface area contributed by atoms with E-state index in [4.69, 9.17) is 22.4 Å². The van der Waals surface area contributed by atoms with E-state index < -0.39 is 23.2 Å². The van der Waals surface area contributed by atoms with Crippen LogP contribution >= 0.6 is 11.6 Å². The molecule has 13 heavy (non-hydrogen) atoms. The van der Waals surface area contributed by atoms with E-state index in [1.54, 1.807) is 0 Å². The van der Waals surface area contributed by atoms with Gasteiger partial charge >= 0.3 is 6.18 Å². The molecule has 0 saturated heterocycles. The number of hydrogen-bond donors (Lipinski definition) is 2. The lowest BCUT2D eigenvalue weighted by molar-refractivity contribution is -0.137. The Hall–Kier alpha value is -1.10. The Balaban J connectivity index is 3.32. The molecule has 0 heterocycles. The second-order valence-corrected chi connectivity index (χ2v) is 2.80. The second kappa shape index (κ2) is 2.99. The van der Waals surface area contributed by atoms with Crippen molar-refractivity contribution in [3.63, 3.8) is 0 Å². The van der Waals surface area contributed by atoms with Crippen molar-refractivity contribution >= 4 is 17.3 Å². The van der Waals surface area contributed by atoms with Gasteiger partial charge < -0.3 is 10.8 Å². The first-order valence-electron chi connectivity index (χ1n) is 3.17. The highest BCUT2D eigenvalue weighted by Crippen LogP contribution is 2.38. The third kappa shape index (κ3) is 1.98. The predicted octanol–water partition coefficient (Wildman–Crippen LogP) is 2.65. The lowest BCUT2D eigenvalue weighted by Crippen LogP contribution is -2.08. The van der Waals surface area contributed by atoms with Gasteiger partial charge in [-0.05, 0) is 12.1 Å². The number of alkyl halides is 3. The molecule has 1 aromatic carbocycles. The normalized spacial score (nSPS) is 11.7. The maximum Gasteiger partial charge on any atom is 0.418 e. The molecule has 2 nitrogen and oxygen atoms in total. The molecule has 0 spiro atoms. The fraction of sp³-hybridized carbons (Fsp3) is 0.143. The summed E-state index contributed by atoms with van der Waals surface area (Å²) in [5.74, 6) is -0.636. The van der Waals surface area contributed by atoms with Crippen LogP contribution < -0.4 is 5.73 Å². The number of phenols is 1. The van der Waals surface area contributed by atoms with Crippen LogP contribution in [0, 0.1) is 0 Å². The van der Waals surface area contributed by atoms with Crippen LogP contribution in [0.15, 0.2) is 12.1 Å². The maximum absolute atomic E-state index is 12.1. The topological polar surface area (TPSA) is 46.2 Å². The number of phenolic OH excluding ortho intramolecular Hbond substituents is 1. The highest BCUT2D eigenvalue weighted by atomic mass is 35.5. The Morgan fingerprint density at radius 3 is 2.31 bits per heavy atom. The average molecular weight is 212 g/mol. The molecule has 0 bridgehead atoms. The zero-order valence-electron chi connectivity index (χ0n) is 6.19. The summed E-state index contributed by atoms with van der Waals surface area (Å²) >= 11 is 5.34. The molecule has 0 saturated carbocycles. The fourth-order valence-electron chi connectivity index (χ4n) is 0.823. The molecule has 0 aliphatic carbocycles. The molecule has 1 rings (SSSR count). The first kappa shape index (κ1) is 9.98. The second-order valence-electron chi connectivity index (χ2n) is 2.39. The van der Waals surface area contributed by atoms with Crippen molar-refractivity contribution in [1.82, 2.24) is 0 Å². The van der Waals surface area contributed by atoms with Gasteiger partial charge in [0, 0.05) is 5.69 Å². The molecule has 6 heteroatoms. The van der Waals surface area contributed by atoms with Gasteiger partial charge in [-0.25, -0.2) is 0 Å². The minimum atomic E-state index is -4.58. The van der Waals surface area contributed by atoms with E-state index in [0.29, 0.717) is 6.07 Å². The molecular weight excluding hydrogens is 207 g/mol. The lowest BCUT2D eigenvalue weighted by Gasteiger charge is -2.10. The van der Waals surface area contributed by atoms with Gasteiger partial charge in [-0.1, -0.05) is 11.6 Å². The summed E-state index contributed by atoms with van der Waals surface area (Å²) in [5, 5.41) is 8.70. The Bertz CT molecular complexity index is 337. The monoisotopic (exact) mass is 211 g/mol. The Morgan fingerprint density at radius 1 is 1.31 bits per heavy atom. The molecule has 0 aromatic heterocycles. The molecule has 0 radical (unpaired) electrons. The van der Waals surface area contributed by atoms with Gasteiger partial charge in [0.25, 0.3) is 0 Å². The van der Waals surface area contributed by atoms with Crippen molar-refractivity contribution in [2.75, 3.05) is 5.73 Å². The molecular formula is C7H5ClF3NO. The van der Waals surface area contributed by atoms with Crippen molar-refractivity contribution in [1.29, 1.82) is 0 Å². The van der Waals surface area contributed by atoms with Crippen LogP contribution in [0.4, 0.5) is 18.9 Å². The maximum atomic E-state index is 12.1. The van der Waals surface area contributed by atoms with Gasteiger partial charge in [-0.3, -0.25) is 0 Å². The summed E-state index contributed by atoms with van der Waals surface area (Å²) in [5.41, 5.74) is 3.47. The van der Waals surface area contributed by atoms with Gasteiger partial charge in [-0.2, -0.15) is 13.2 Å². The average Bonchev–Trinajstić information content (AvgIpc) is 1.94. The number of nitrogen functional groups attached to an aromatic ring is 1. The van der Waals surface area contributed by atoms with Gasteiger partial charge in [-0.15, -0.1) is 0 Å².